The molecule has 1 aliphatic heterocycles. The Bertz CT molecular complexity index is 688. The Balaban J connectivity index is 1.90. The summed E-state index contributed by atoms with van der Waals surface area (Å²) >= 11 is 0. The van der Waals surface area contributed by atoms with E-state index in [-0.39, 0.29) is 12.0 Å². The second kappa shape index (κ2) is 6.85. The number of aliphatic hydroxyl groups is 1. The molecule has 5 nitrogen and oxygen atoms in total. The van der Waals surface area contributed by atoms with Crippen molar-refractivity contribution in [1.29, 1.82) is 0 Å². The number of anilines is 1. The van der Waals surface area contributed by atoms with Gasteiger partial charge in [0, 0.05) is 48.9 Å². The van der Waals surface area contributed by atoms with Crippen LogP contribution in [0.4, 0.5) is 5.82 Å². The van der Waals surface area contributed by atoms with E-state index in [0.29, 0.717) is 0 Å². The number of aliphatic hydroxyl groups excluding tert-OH is 1. The predicted octanol–water partition coefficient (Wildman–Crippen LogP) is 3.14. The number of pyridine rings is 1. The Hall–Kier alpha value is -2.01. The molecule has 0 bridgehead atoms. The molecular formula is C19H26N4O. The number of rotatable bonds is 4. The molecule has 2 aromatic heterocycles. The average Bonchev–Trinajstić information content (AvgIpc) is 2.65. The van der Waals surface area contributed by atoms with Crippen molar-refractivity contribution in [2.24, 2.45) is 5.41 Å². The molecule has 0 aromatic carbocycles. The van der Waals surface area contributed by atoms with Gasteiger partial charge in [-0.05, 0) is 50.7 Å². The molecule has 3 rings (SSSR count). The van der Waals surface area contributed by atoms with E-state index in [1.807, 2.05) is 19.1 Å². The van der Waals surface area contributed by atoms with Crippen molar-refractivity contribution < 1.29 is 5.11 Å². The fourth-order valence-corrected chi connectivity index (χ4v) is 3.37. The van der Waals surface area contributed by atoms with Crippen LogP contribution in [0, 0.1) is 19.3 Å². The van der Waals surface area contributed by atoms with Crippen LogP contribution in [0.1, 0.15) is 37.4 Å². The van der Waals surface area contributed by atoms with Crippen molar-refractivity contribution in [3.8, 4) is 11.4 Å². The number of hydrogen-bond donors (Lipinski definition) is 1. The Morgan fingerprint density at radius 3 is 2.38 bits per heavy atom. The monoisotopic (exact) mass is 326 g/mol. The first-order chi connectivity index (χ1) is 11.6. The average molecular weight is 326 g/mol. The van der Waals surface area contributed by atoms with Gasteiger partial charge in [-0.3, -0.25) is 4.98 Å². The zero-order valence-electron chi connectivity index (χ0n) is 14.8. The molecule has 0 spiro atoms. The third kappa shape index (κ3) is 3.13. The molecule has 1 saturated heterocycles. The van der Waals surface area contributed by atoms with Gasteiger partial charge in [0.05, 0.1) is 0 Å². The SMILES string of the molecule is CCC1(CO)CCN(c2nc(-c3ccncc3)nc(C)c2C)CC1. The van der Waals surface area contributed by atoms with Crippen LogP contribution in [-0.2, 0) is 0 Å². The van der Waals surface area contributed by atoms with E-state index >= 15 is 0 Å². The molecule has 0 atom stereocenters. The largest absolute Gasteiger partial charge is 0.396 e. The molecule has 128 valence electrons. The normalized spacial score (nSPS) is 17.1. The maximum absolute atomic E-state index is 9.74. The second-order valence-corrected chi connectivity index (χ2v) is 6.82. The van der Waals surface area contributed by atoms with Crippen molar-refractivity contribution in [2.75, 3.05) is 24.6 Å². The fourth-order valence-electron chi connectivity index (χ4n) is 3.37. The number of piperidine rings is 1. The topological polar surface area (TPSA) is 62.1 Å². The highest BCUT2D eigenvalue weighted by molar-refractivity contribution is 5.60. The van der Waals surface area contributed by atoms with Crippen LogP contribution >= 0.6 is 0 Å². The third-order valence-electron chi connectivity index (χ3n) is 5.51. The molecular weight excluding hydrogens is 300 g/mol. The van der Waals surface area contributed by atoms with Crippen molar-refractivity contribution >= 4 is 5.82 Å². The molecule has 0 radical (unpaired) electrons. The summed E-state index contributed by atoms with van der Waals surface area (Å²) in [5.41, 5.74) is 3.23. The lowest BCUT2D eigenvalue weighted by molar-refractivity contribution is 0.0920. The van der Waals surface area contributed by atoms with E-state index < -0.39 is 0 Å². The van der Waals surface area contributed by atoms with Crippen molar-refractivity contribution in [1.82, 2.24) is 15.0 Å². The molecule has 5 heteroatoms. The van der Waals surface area contributed by atoms with E-state index in [1.54, 1.807) is 12.4 Å². The third-order valence-corrected chi connectivity index (χ3v) is 5.51. The van der Waals surface area contributed by atoms with Gasteiger partial charge in [-0.15, -0.1) is 0 Å². The van der Waals surface area contributed by atoms with E-state index in [2.05, 4.69) is 28.7 Å². The number of nitrogens with zero attached hydrogens (tertiary/aromatic N) is 4. The lowest BCUT2D eigenvalue weighted by atomic mass is 9.77. The van der Waals surface area contributed by atoms with Crippen LogP contribution in [-0.4, -0.2) is 39.8 Å². The summed E-state index contributed by atoms with van der Waals surface area (Å²) in [6.07, 6.45) is 6.58. The first-order valence-corrected chi connectivity index (χ1v) is 8.70. The summed E-state index contributed by atoms with van der Waals surface area (Å²) < 4.78 is 0. The highest BCUT2D eigenvalue weighted by Gasteiger charge is 2.33. The number of aryl methyl sites for hydroxylation is 1. The number of aromatic nitrogens is 3. The Morgan fingerprint density at radius 1 is 1.12 bits per heavy atom. The summed E-state index contributed by atoms with van der Waals surface area (Å²) in [7, 11) is 0. The molecule has 1 N–H and O–H groups in total. The fraction of sp³-hybridized carbons (Fsp3) is 0.526. The minimum absolute atomic E-state index is 0.0837. The molecule has 1 fully saturated rings. The molecule has 24 heavy (non-hydrogen) atoms. The van der Waals surface area contributed by atoms with E-state index in [9.17, 15) is 5.11 Å². The van der Waals surface area contributed by atoms with Crippen LogP contribution in [0.5, 0.6) is 0 Å². The van der Waals surface area contributed by atoms with E-state index in [0.717, 1.165) is 60.8 Å². The summed E-state index contributed by atoms with van der Waals surface area (Å²) in [6, 6.07) is 3.88. The lowest BCUT2D eigenvalue weighted by Crippen LogP contribution is -2.42. The maximum atomic E-state index is 9.74. The standard InChI is InChI=1S/C19H26N4O/c1-4-19(13-24)7-11-23(12-8-19)18-14(2)15(3)21-17(22-18)16-5-9-20-10-6-16/h5-6,9-10,24H,4,7-8,11-13H2,1-3H3. The zero-order valence-corrected chi connectivity index (χ0v) is 14.8. The molecule has 1 aliphatic rings. The van der Waals surface area contributed by atoms with Crippen LogP contribution in [0.15, 0.2) is 24.5 Å². The summed E-state index contributed by atoms with van der Waals surface area (Å²) in [5.74, 6) is 1.78. The number of hydrogen-bond acceptors (Lipinski definition) is 5. The molecule has 2 aromatic rings. The van der Waals surface area contributed by atoms with Gasteiger partial charge in [0.2, 0.25) is 0 Å². The van der Waals surface area contributed by atoms with Gasteiger partial charge in [0.25, 0.3) is 0 Å². The van der Waals surface area contributed by atoms with Gasteiger partial charge >= 0.3 is 0 Å². The van der Waals surface area contributed by atoms with Crippen LogP contribution < -0.4 is 4.90 Å². The highest BCUT2D eigenvalue weighted by atomic mass is 16.3. The van der Waals surface area contributed by atoms with E-state index in [1.165, 1.54) is 0 Å². The minimum atomic E-state index is 0.0837. The lowest BCUT2D eigenvalue weighted by Gasteiger charge is -2.41. The Morgan fingerprint density at radius 2 is 1.79 bits per heavy atom. The van der Waals surface area contributed by atoms with Crippen LogP contribution in [0.2, 0.25) is 0 Å². The maximum Gasteiger partial charge on any atom is 0.161 e. The second-order valence-electron chi connectivity index (χ2n) is 6.82. The predicted molar refractivity (Wildman–Crippen MR) is 96.0 cm³/mol. The molecule has 0 aliphatic carbocycles. The van der Waals surface area contributed by atoms with Gasteiger partial charge in [0.1, 0.15) is 5.82 Å². The Kier molecular flexibility index (Phi) is 4.81. The zero-order chi connectivity index (χ0) is 17.2. The van der Waals surface area contributed by atoms with Crippen LogP contribution in [0.25, 0.3) is 11.4 Å². The first kappa shape index (κ1) is 16.8. The molecule has 0 saturated carbocycles. The molecule has 0 unspecified atom stereocenters. The van der Waals surface area contributed by atoms with Crippen molar-refractivity contribution in [3.05, 3.63) is 35.8 Å². The van der Waals surface area contributed by atoms with Crippen molar-refractivity contribution in [3.63, 3.8) is 0 Å². The minimum Gasteiger partial charge on any atom is -0.396 e. The van der Waals surface area contributed by atoms with Gasteiger partial charge < -0.3 is 10.0 Å². The quantitative estimate of drug-likeness (QED) is 0.935. The summed E-state index contributed by atoms with van der Waals surface area (Å²) in [6.45, 7) is 8.45. The van der Waals surface area contributed by atoms with Gasteiger partial charge in [0.15, 0.2) is 5.82 Å². The van der Waals surface area contributed by atoms with E-state index in [4.69, 9.17) is 4.98 Å². The highest BCUT2D eigenvalue weighted by Crippen LogP contribution is 2.36. The Labute approximate surface area is 143 Å². The summed E-state index contributed by atoms with van der Waals surface area (Å²) in [4.78, 5) is 15.9. The summed E-state index contributed by atoms with van der Waals surface area (Å²) in [5, 5.41) is 9.74. The smallest absolute Gasteiger partial charge is 0.161 e. The van der Waals surface area contributed by atoms with Gasteiger partial charge in [-0.2, -0.15) is 0 Å². The molecule has 0 amide bonds. The molecule has 3 heterocycles. The first-order valence-electron chi connectivity index (χ1n) is 8.70. The van der Waals surface area contributed by atoms with Gasteiger partial charge in [-0.25, -0.2) is 9.97 Å². The van der Waals surface area contributed by atoms with Gasteiger partial charge in [-0.1, -0.05) is 6.92 Å². The van der Waals surface area contributed by atoms with Crippen molar-refractivity contribution in [2.45, 2.75) is 40.0 Å². The van der Waals surface area contributed by atoms with Crippen LogP contribution in [0.3, 0.4) is 0 Å².